The van der Waals surface area contributed by atoms with Crippen molar-refractivity contribution in [1.29, 1.82) is 0 Å². The molecule has 1 aromatic carbocycles. The van der Waals surface area contributed by atoms with Gasteiger partial charge in [0.05, 0.1) is 17.7 Å². The highest BCUT2D eigenvalue weighted by atomic mass is 16.5. The highest BCUT2D eigenvalue weighted by Gasteiger charge is 2.30. The van der Waals surface area contributed by atoms with Gasteiger partial charge in [-0.05, 0) is 26.0 Å². The first-order valence-corrected chi connectivity index (χ1v) is 11.7. The van der Waals surface area contributed by atoms with Gasteiger partial charge in [-0.25, -0.2) is 0 Å². The monoisotopic (exact) mass is 486 g/mol. The predicted octanol–water partition coefficient (Wildman–Crippen LogP) is 2.98. The summed E-state index contributed by atoms with van der Waals surface area (Å²) in [4.78, 5) is 41.9. The van der Waals surface area contributed by atoms with Crippen molar-refractivity contribution in [3.05, 3.63) is 41.3 Å². The first kappa shape index (κ1) is 26.2. The molecule has 0 spiro atoms. The molecular weight excluding hydrogens is 452 g/mol. The zero-order chi connectivity index (χ0) is 25.7. The number of carbonyl (C=O) groups excluding carboxylic acids is 3. The van der Waals surface area contributed by atoms with Crippen LogP contribution in [0.5, 0.6) is 5.75 Å². The molecule has 0 saturated heterocycles. The van der Waals surface area contributed by atoms with Gasteiger partial charge in [0.25, 0.3) is 11.8 Å². The molecule has 2 heterocycles. The van der Waals surface area contributed by atoms with Crippen LogP contribution in [-0.2, 0) is 9.53 Å². The minimum atomic E-state index is -0.441. The van der Waals surface area contributed by atoms with Crippen LogP contribution in [0.4, 0.5) is 5.69 Å². The number of nitrogens with zero attached hydrogens (tertiary/aromatic N) is 3. The van der Waals surface area contributed by atoms with E-state index in [9.17, 15) is 14.4 Å². The molecule has 0 unspecified atom stereocenters. The fraction of sp³-hybridized carbons (Fsp3) is 0.520. The third-order valence-corrected chi connectivity index (χ3v) is 6.19. The van der Waals surface area contributed by atoms with E-state index in [0.717, 1.165) is 0 Å². The van der Waals surface area contributed by atoms with Crippen molar-refractivity contribution < 1.29 is 28.4 Å². The van der Waals surface area contributed by atoms with Crippen LogP contribution in [0.1, 0.15) is 53.8 Å². The lowest BCUT2D eigenvalue weighted by molar-refractivity contribution is -0.135. The molecule has 1 aliphatic rings. The first-order valence-electron chi connectivity index (χ1n) is 11.7. The molecule has 0 bridgehead atoms. The molecule has 0 saturated carbocycles. The average Bonchev–Trinajstić information content (AvgIpc) is 3.29. The number of benzene rings is 1. The van der Waals surface area contributed by atoms with Crippen LogP contribution in [0.25, 0.3) is 0 Å². The minimum Gasteiger partial charge on any atom is -0.491 e. The van der Waals surface area contributed by atoms with Crippen LogP contribution < -0.4 is 10.1 Å². The lowest BCUT2D eigenvalue weighted by atomic mass is 10.0. The number of rotatable bonds is 4. The molecule has 190 valence electrons. The maximum Gasteiger partial charge on any atom is 0.277 e. The number of anilines is 1. The summed E-state index contributed by atoms with van der Waals surface area (Å²) in [5, 5.41) is 6.48. The van der Waals surface area contributed by atoms with Crippen LogP contribution in [-0.4, -0.2) is 78.7 Å². The van der Waals surface area contributed by atoms with Gasteiger partial charge in [-0.15, -0.1) is 0 Å². The topological polar surface area (TPSA) is 114 Å². The molecule has 1 aromatic heterocycles. The number of fused-ring (bicyclic) bond motifs is 1. The number of nitrogens with one attached hydrogen (secondary N) is 1. The highest BCUT2D eigenvalue weighted by Crippen LogP contribution is 2.27. The number of methoxy groups -OCH3 is 1. The second-order valence-corrected chi connectivity index (χ2v) is 8.98. The molecule has 0 fully saturated rings. The summed E-state index contributed by atoms with van der Waals surface area (Å²) in [5.41, 5.74) is 0.940. The van der Waals surface area contributed by atoms with E-state index < -0.39 is 5.91 Å². The van der Waals surface area contributed by atoms with E-state index >= 15 is 0 Å². The van der Waals surface area contributed by atoms with E-state index in [1.54, 1.807) is 49.1 Å². The van der Waals surface area contributed by atoms with Crippen molar-refractivity contribution in [3.63, 3.8) is 0 Å². The molecule has 0 aliphatic carbocycles. The standard InChI is InChI=1S/C25H34N4O6/c1-7-23(30)29-12-15(2)22(33-6)13-28(5)25(32)19-9-8-18(11-21(19)34-14-16(29)3)26-24(31)20-10-17(4)35-27-20/h8-11,15-16,22H,7,12-14H2,1-6H3,(H,26,31)/t15-,16-,22+/m0/s1. The molecule has 35 heavy (non-hydrogen) atoms. The number of ether oxygens (including phenoxy) is 2. The molecule has 3 amide bonds. The van der Waals surface area contributed by atoms with Crippen molar-refractivity contribution in [2.75, 3.05) is 39.2 Å². The molecule has 1 N–H and O–H groups in total. The van der Waals surface area contributed by atoms with Gasteiger partial charge in [-0.2, -0.15) is 0 Å². The summed E-state index contributed by atoms with van der Waals surface area (Å²) in [6.45, 7) is 8.48. The van der Waals surface area contributed by atoms with Gasteiger partial charge in [0.15, 0.2) is 5.69 Å². The second-order valence-electron chi connectivity index (χ2n) is 8.98. The first-order chi connectivity index (χ1) is 16.6. The molecule has 2 aromatic rings. The van der Waals surface area contributed by atoms with E-state index in [4.69, 9.17) is 14.0 Å². The Hall–Kier alpha value is -3.40. The molecule has 10 nitrogen and oxygen atoms in total. The fourth-order valence-corrected chi connectivity index (χ4v) is 4.07. The summed E-state index contributed by atoms with van der Waals surface area (Å²) < 4.78 is 16.7. The third kappa shape index (κ3) is 6.19. The number of carbonyl (C=O) groups is 3. The molecule has 3 atom stereocenters. The van der Waals surface area contributed by atoms with Gasteiger partial charge in [0, 0.05) is 57.4 Å². The Morgan fingerprint density at radius 1 is 1.23 bits per heavy atom. The Morgan fingerprint density at radius 2 is 1.97 bits per heavy atom. The average molecular weight is 487 g/mol. The number of amides is 3. The summed E-state index contributed by atoms with van der Waals surface area (Å²) >= 11 is 0. The van der Waals surface area contributed by atoms with Crippen molar-refractivity contribution in [2.45, 2.75) is 46.3 Å². The Bertz CT molecular complexity index is 1070. The van der Waals surface area contributed by atoms with Crippen molar-refractivity contribution in [2.24, 2.45) is 5.92 Å². The fourth-order valence-electron chi connectivity index (χ4n) is 4.07. The number of hydrogen-bond acceptors (Lipinski definition) is 7. The highest BCUT2D eigenvalue weighted by molar-refractivity contribution is 6.03. The maximum atomic E-state index is 13.3. The van der Waals surface area contributed by atoms with Crippen molar-refractivity contribution >= 4 is 23.4 Å². The van der Waals surface area contributed by atoms with Crippen LogP contribution in [0.15, 0.2) is 28.8 Å². The summed E-state index contributed by atoms with van der Waals surface area (Å²) in [7, 11) is 3.32. The van der Waals surface area contributed by atoms with Crippen molar-refractivity contribution in [3.8, 4) is 5.75 Å². The zero-order valence-electron chi connectivity index (χ0n) is 21.2. The van der Waals surface area contributed by atoms with E-state index in [1.165, 1.54) is 6.07 Å². The second kappa shape index (κ2) is 11.4. The minimum absolute atomic E-state index is 0.00449. The quantitative estimate of drug-likeness (QED) is 0.707. The lowest BCUT2D eigenvalue weighted by Crippen LogP contribution is -2.48. The SMILES string of the molecule is CCC(=O)N1C[C@H](C)[C@H](OC)CN(C)C(=O)c2ccc(NC(=O)c3cc(C)on3)cc2OC[C@@H]1C. The van der Waals surface area contributed by atoms with Crippen LogP contribution >= 0.6 is 0 Å². The van der Waals surface area contributed by atoms with E-state index in [1.807, 2.05) is 20.8 Å². The summed E-state index contributed by atoms with van der Waals surface area (Å²) in [5.74, 6) is 0.193. The number of likely N-dealkylation sites (N-methyl/N-ethyl adjacent to an activating group) is 1. The lowest BCUT2D eigenvalue weighted by Gasteiger charge is -2.36. The third-order valence-electron chi connectivity index (χ3n) is 6.19. The smallest absolute Gasteiger partial charge is 0.277 e. The van der Waals surface area contributed by atoms with Gasteiger partial charge in [0.1, 0.15) is 18.1 Å². The van der Waals surface area contributed by atoms with E-state index in [-0.39, 0.29) is 42.2 Å². The van der Waals surface area contributed by atoms with E-state index in [2.05, 4.69) is 10.5 Å². The Kier molecular flexibility index (Phi) is 8.50. The molecule has 3 rings (SSSR count). The van der Waals surface area contributed by atoms with Gasteiger partial charge in [-0.3, -0.25) is 14.4 Å². The molecule has 10 heteroatoms. The normalized spacial score (nSPS) is 21.4. The van der Waals surface area contributed by atoms with Crippen LogP contribution in [0, 0.1) is 12.8 Å². The van der Waals surface area contributed by atoms with Crippen molar-refractivity contribution in [1.82, 2.24) is 15.0 Å². The van der Waals surface area contributed by atoms with Crippen LogP contribution in [0.3, 0.4) is 0 Å². The number of aryl methyl sites for hydroxylation is 1. The number of aromatic nitrogens is 1. The predicted molar refractivity (Wildman–Crippen MR) is 130 cm³/mol. The van der Waals surface area contributed by atoms with Crippen LogP contribution in [0.2, 0.25) is 0 Å². The van der Waals surface area contributed by atoms with E-state index in [0.29, 0.717) is 42.3 Å². The summed E-state index contributed by atoms with van der Waals surface area (Å²) in [6, 6.07) is 6.16. The Balaban J connectivity index is 1.94. The molecule has 0 radical (unpaired) electrons. The largest absolute Gasteiger partial charge is 0.491 e. The number of hydrogen-bond donors (Lipinski definition) is 1. The Labute approximate surface area is 205 Å². The van der Waals surface area contributed by atoms with Gasteiger partial charge in [-0.1, -0.05) is 19.0 Å². The van der Waals surface area contributed by atoms with Gasteiger partial charge >= 0.3 is 0 Å². The molecular formula is C25H34N4O6. The maximum absolute atomic E-state index is 13.3. The zero-order valence-corrected chi connectivity index (χ0v) is 21.2. The van der Waals surface area contributed by atoms with Gasteiger partial charge in [0.2, 0.25) is 5.91 Å². The Morgan fingerprint density at radius 3 is 2.60 bits per heavy atom. The summed E-state index contributed by atoms with van der Waals surface area (Å²) in [6.07, 6.45) is 0.123. The van der Waals surface area contributed by atoms with Gasteiger partial charge < -0.3 is 29.1 Å². The molecule has 1 aliphatic heterocycles.